The summed E-state index contributed by atoms with van der Waals surface area (Å²) in [6.07, 6.45) is -9.26. The predicted molar refractivity (Wildman–Crippen MR) is 137 cm³/mol. The third-order valence-electron chi connectivity index (χ3n) is 7.42. The van der Waals surface area contributed by atoms with E-state index in [1.54, 1.807) is 24.3 Å². The summed E-state index contributed by atoms with van der Waals surface area (Å²) in [5.74, 6) is -0.488. The summed E-state index contributed by atoms with van der Waals surface area (Å²) in [5, 5.41) is 22.2. The fraction of sp³-hybridized carbons (Fsp3) is 0.345. The van der Waals surface area contributed by atoms with Crippen LogP contribution < -0.4 is 5.06 Å². The number of carbonyl (C=O) groups excluding carboxylic acids is 1. The van der Waals surface area contributed by atoms with Crippen molar-refractivity contribution in [3.05, 3.63) is 101 Å². The van der Waals surface area contributed by atoms with E-state index in [2.05, 4.69) is 9.64 Å². The van der Waals surface area contributed by atoms with Gasteiger partial charge in [0.2, 0.25) is 0 Å². The van der Waals surface area contributed by atoms with Crippen LogP contribution in [-0.4, -0.2) is 41.5 Å². The molecule has 0 unspecified atom stereocenters. The van der Waals surface area contributed by atoms with Gasteiger partial charge in [-0.05, 0) is 84.9 Å². The van der Waals surface area contributed by atoms with Gasteiger partial charge in [0.25, 0.3) is 0 Å². The highest BCUT2D eigenvalue weighted by Gasteiger charge is 2.43. The molecular weight excluding hydrogens is 554 g/mol. The van der Waals surface area contributed by atoms with Crippen LogP contribution in [0.4, 0.5) is 36.8 Å². The lowest BCUT2D eigenvalue weighted by Gasteiger charge is -2.42. The Kier molecular flexibility index (Phi) is 8.67. The summed E-state index contributed by atoms with van der Waals surface area (Å²) >= 11 is 0. The second-order valence-corrected chi connectivity index (χ2v) is 9.92. The van der Waals surface area contributed by atoms with Crippen molar-refractivity contribution in [1.82, 2.24) is 4.90 Å². The molecule has 0 spiro atoms. The molecule has 4 rings (SSSR count). The Bertz CT molecular complexity index is 1260. The average molecular weight is 583 g/mol. The van der Waals surface area contributed by atoms with E-state index in [4.69, 9.17) is 0 Å². The fourth-order valence-corrected chi connectivity index (χ4v) is 5.17. The highest BCUT2D eigenvalue weighted by atomic mass is 19.4. The first-order valence-corrected chi connectivity index (χ1v) is 12.7. The Morgan fingerprint density at radius 1 is 0.805 bits per heavy atom. The molecular formula is C29H28F6N2O4. The van der Waals surface area contributed by atoms with E-state index < -0.39 is 41.1 Å². The number of ether oxygens (including phenoxy) is 1. The zero-order chi connectivity index (χ0) is 30.0. The van der Waals surface area contributed by atoms with Crippen LogP contribution in [0.3, 0.4) is 0 Å². The molecule has 1 heterocycles. The first-order chi connectivity index (χ1) is 19.2. The maximum atomic E-state index is 13.2. The van der Waals surface area contributed by atoms with Gasteiger partial charge in [-0.3, -0.25) is 10.1 Å². The topological polar surface area (TPSA) is 73.2 Å². The van der Waals surface area contributed by atoms with E-state index in [1.165, 1.54) is 24.3 Å². The molecule has 0 saturated carbocycles. The van der Waals surface area contributed by atoms with Crippen molar-refractivity contribution >= 4 is 11.8 Å². The van der Waals surface area contributed by atoms with Crippen LogP contribution in [0.25, 0.3) is 0 Å². The first kappa shape index (κ1) is 30.4. The zero-order valence-corrected chi connectivity index (χ0v) is 21.9. The molecule has 0 aromatic heterocycles. The molecule has 220 valence electrons. The second kappa shape index (κ2) is 11.7. The number of carbonyl (C=O) groups is 1. The van der Waals surface area contributed by atoms with Gasteiger partial charge in [-0.2, -0.15) is 31.4 Å². The number of alkyl halides is 6. The van der Waals surface area contributed by atoms with E-state index in [9.17, 15) is 41.5 Å². The average Bonchev–Trinajstić information content (AvgIpc) is 2.96. The van der Waals surface area contributed by atoms with Gasteiger partial charge in [-0.1, -0.05) is 36.4 Å². The monoisotopic (exact) mass is 582 g/mol. The summed E-state index contributed by atoms with van der Waals surface area (Å²) < 4.78 is 83.5. The molecule has 41 heavy (non-hydrogen) atoms. The maximum Gasteiger partial charge on any atom is 0.438 e. The summed E-state index contributed by atoms with van der Waals surface area (Å²) in [7, 11) is 1.14. The third-order valence-corrected chi connectivity index (χ3v) is 7.42. The smallest absolute Gasteiger partial charge is 0.438 e. The fourth-order valence-electron chi connectivity index (χ4n) is 5.17. The number of halogens is 6. The molecule has 1 amide bonds. The predicted octanol–water partition coefficient (Wildman–Crippen LogP) is 6.83. The number of methoxy groups -OCH3 is 1. The van der Waals surface area contributed by atoms with Crippen LogP contribution in [0.5, 0.6) is 0 Å². The Labute approximate surface area is 232 Å². The summed E-state index contributed by atoms with van der Waals surface area (Å²) in [4.78, 5) is 13.6. The summed E-state index contributed by atoms with van der Waals surface area (Å²) in [5.41, 5.74) is -2.18. The van der Waals surface area contributed by atoms with E-state index in [0.29, 0.717) is 37.5 Å². The molecule has 0 radical (unpaired) electrons. The molecule has 0 bridgehead atoms. The molecule has 1 aliphatic heterocycles. The van der Waals surface area contributed by atoms with Gasteiger partial charge in [-0.25, -0.2) is 4.79 Å². The SMILES string of the molecule is COC(=O)N(O)c1ccc(CN2CCC(C(O)(c3ccc(C(F)(F)F)cc3)c3ccc(C(F)(F)F)cc3)CC2)cc1. The molecule has 0 atom stereocenters. The van der Waals surface area contributed by atoms with E-state index in [1.807, 2.05) is 0 Å². The lowest BCUT2D eigenvalue weighted by atomic mass is 9.71. The quantitative estimate of drug-likeness (QED) is 0.189. The first-order valence-electron chi connectivity index (χ1n) is 12.7. The van der Waals surface area contributed by atoms with E-state index in [-0.39, 0.29) is 16.8 Å². The van der Waals surface area contributed by atoms with Crippen LogP contribution in [0, 0.1) is 5.92 Å². The number of nitrogens with zero attached hydrogens (tertiary/aromatic N) is 2. The number of hydrogen-bond donors (Lipinski definition) is 2. The summed E-state index contributed by atoms with van der Waals surface area (Å²) in [6.45, 7) is 1.52. The van der Waals surface area contributed by atoms with Crippen molar-refractivity contribution < 1.29 is 46.2 Å². The van der Waals surface area contributed by atoms with Crippen molar-refractivity contribution in [2.45, 2.75) is 37.3 Å². The lowest BCUT2D eigenvalue weighted by molar-refractivity contribution is -0.138. The number of hydrogen-bond acceptors (Lipinski definition) is 5. The van der Waals surface area contributed by atoms with Crippen LogP contribution in [0.1, 0.15) is 40.7 Å². The number of hydroxylamine groups is 1. The van der Waals surface area contributed by atoms with E-state index >= 15 is 0 Å². The molecule has 3 aromatic carbocycles. The summed E-state index contributed by atoms with van der Waals surface area (Å²) in [6, 6.07) is 14.7. The minimum atomic E-state index is -4.58. The highest BCUT2D eigenvalue weighted by Crippen LogP contribution is 2.44. The molecule has 0 aliphatic carbocycles. The van der Waals surface area contributed by atoms with Crippen LogP contribution >= 0.6 is 0 Å². The number of amides is 1. The van der Waals surface area contributed by atoms with Gasteiger partial charge in [0, 0.05) is 6.54 Å². The minimum absolute atomic E-state index is 0.165. The highest BCUT2D eigenvalue weighted by molar-refractivity contribution is 5.84. The minimum Gasteiger partial charge on any atom is -0.451 e. The number of benzene rings is 3. The number of rotatable bonds is 6. The molecule has 1 saturated heterocycles. The van der Waals surface area contributed by atoms with Crippen LogP contribution in [-0.2, 0) is 29.2 Å². The standard InChI is InChI=1S/C29H28F6N2O4/c1-41-26(38)37(40)25-12-2-19(3-13-25)18-36-16-14-22(15-17-36)27(39,20-4-8-23(9-5-20)28(30,31)32)21-6-10-24(11-7-21)29(33,34)35/h2-13,22,39-40H,14-18H2,1H3. The zero-order valence-electron chi connectivity index (χ0n) is 21.9. The number of piperidine rings is 1. The Morgan fingerprint density at radius 3 is 1.61 bits per heavy atom. The second-order valence-electron chi connectivity index (χ2n) is 9.92. The van der Waals surface area contributed by atoms with Gasteiger partial charge in [0.15, 0.2) is 0 Å². The molecule has 1 aliphatic rings. The van der Waals surface area contributed by atoms with Gasteiger partial charge in [-0.15, -0.1) is 0 Å². The molecule has 6 nitrogen and oxygen atoms in total. The largest absolute Gasteiger partial charge is 0.451 e. The molecule has 1 fully saturated rings. The van der Waals surface area contributed by atoms with Crippen molar-refractivity contribution in [3.63, 3.8) is 0 Å². The Morgan fingerprint density at radius 2 is 1.22 bits per heavy atom. The Hall–Kier alpha value is -3.61. The van der Waals surface area contributed by atoms with Gasteiger partial charge < -0.3 is 9.84 Å². The number of anilines is 1. The van der Waals surface area contributed by atoms with Crippen molar-refractivity contribution in [1.29, 1.82) is 0 Å². The van der Waals surface area contributed by atoms with Crippen LogP contribution in [0.2, 0.25) is 0 Å². The Balaban J connectivity index is 1.54. The normalized spacial score (nSPS) is 15.5. The van der Waals surface area contributed by atoms with Crippen molar-refractivity contribution in [2.24, 2.45) is 5.92 Å². The molecule has 3 aromatic rings. The van der Waals surface area contributed by atoms with Crippen molar-refractivity contribution in [2.75, 3.05) is 25.3 Å². The number of likely N-dealkylation sites (tertiary alicyclic amines) is 1. The molecule has 12 heteroatoms. The van der Waals surface area contributed by atoms with E-state index in [0.717, 1.165) is 36.9 Å². The van der Waals surface area contributed by atoms with Crippen LogP contribution in [0.15, 0.2) is 72.8 Å². The lowest BCUT2D eigenvalue weighted by Crippen LogP contribution is -2.44. The molecule has 2 N–H and O–H groups in total. The third kappa shape index (κ3) is 6.66. The van der Waals surface area contributed by atoms with Gasteiger partial charge in [0.05, 0.1) is 23.9 Å². The number of aliphatic hydroxyl groups is 1. The van der Waals surface area contributed by atoms with Gasteiger partial charge >= 0.3 is 18.4 Å². The van der Waals surface area contributed by atoms with Gasteiger partial charge in [0.1, 0.15) is 5.60 Å². The maximum absolute atomic E-state index is 13.2. The van der Waals surface area contributed by atoms with Crippen molar-refractivity contribution in [3.8, 4) is 0 Å².